The highest BCUT2D eigenvalue weighted by atomic mass is 32.2. The minimum atomic E-state index is -3.43. The monoisotopic (exact) mass is 297 g/mol. The van der Waals surface area contributed by atoms with Gasteiger partial charge in [0.2, 0.25) is 0 Å². The first-order chi connectivity index (χ1) is 9.55. The maximum absolute atomic E-state index is 12.7. The molecular formula is C14H23N3O2S. The average Bonchev–Trinajstić information content (AvgIpc) is 2.48. The smallest absolute Gasteiger partial charge is 0.282 e. The van der Waals surface area contributed by atoms with Crippen LogP contribution in [0.4, 0.5) is 0 Å². The van der Waals surface area contributed by atoms with Gasteiger partial charge < -0.3 is 5.73 Å². The molecule has 1 unspecified atom stereocenters. The van der Waals surface area contributed by atoms with Crippen molar-refractivity contribution in [2.75, 3.05) is 20.1 Å². The molecule has 0 radical (unpaired) electrons. The van der Waals surface area contributed by atoms with Crippen LogP contribution in [0.25, 0.3) is 0 Å². The summed E-state index contributed by atoms with van der Waals surface area (Å²) in [6.07, 6.45) is 2.82. The highest BCUT2D eigenvalue weighted by Gasteiger charge is 2.34. The summed E-state index contributed by atoms with van der Waals surface area (Å²) in [4.78, 5) is 0. The number of rotatable bonds is 5. The molecule has 112 valence electrons. The Morgan fingerprint density at radius 2 is 2.00 bits per heavy atom. The molecule has 2 N–H and O–H groups in total. The molecule has 1 aliphatic rings. The van der Waals surface area contributed by atoms with E-state index in [2.05, 4.69) is 0 Å². The van der Waals surface area contributed by atoms with Crippen molar-refractivity contribution in [3.05, 3.63) is 35.9 Å². The van der Waals surface area contributed by atoms with Gasteiger partial charge in [0.05, 0.1) is 0 Å². The molecule has 1 atom stereocenters. The first-order valence-electron chi connectivity index (χ1n) is 7.03. The molecule has 1 aromatic rings. The Morgan fingerprint density at radius 3 is 2.65 bits per heavy atom. The summed E-state index contributed by atoms with van der Waals surface area (Å²) in [6, 6.07) is 9.56. The second-order valence-corrected chi connectivity index (χ2v) is 7.23. The lowest BCUT2D eigenvalue weighted by atomic mass is 10.1. The highest BCUT2D eigenvalue weighted by molar-refractivity contribution is 7.86. The van der Waals surface area contributed by atoms with Crippen LogP contribution >= 0.6 is 0 Å². The topological polar surface area (TPSA) is 66.6 Å². The van der Waals surface area contributed by atoms with Crippen molar-refractivity contribution in [3.63, 3.8) is 0 Å². The highest BCUT2D eigenvalue weighted by Crippen LogP contribution is 2.22. The van der Waals surface area contributed by atoms with Gasteiger partial charge in [0.15, 0.2) is 0 Å². The van der Waals surface area contributed by atoms with Gasteiger partial charge in [-0.2, -0.15) is 17.0 Å². The summed E-state index contributed by atoms with van der Waals surface area (Å²) in [5, 5.41) is 0. The third kappa shape index (κ3) is 3.38. The molecule has 0 spiro atoms. The summed E-state index contributed by atoms with van der Waals surface area (Å²) in [7, 11) is -1.81. The van der Waals surface area contributed by atoms with Crippen molar-refractivity contribution in [2.24, 2.45) is 5.73 Å². The van der Waals surface area contributed by atoms with E-state index in [4.69, 9.17) is 5.73 Å². The number of nitrogens with two attached hydrogens (primary N) is 1. The van der Waals surface area contributed by atoms with Crippen LogP contribution in [-0.2, 0) is 16.8 Å². The molecular weight excluding hydrogens is 274 g/mol. The largest absolute Gasteiger partial charge is 0.329 e. The number of hydrogen-bond donors (Lipinski definition) is 1. The lowest BCUT2D eigenvalue weighted by molar-refractivity contribution is 0.240. The summed E-state index contributed by atoms with van der Waals surface area (Å²) in [5.74, 6) is 0. The molecule has 1 fully saturated rings. The Balaban J connectivity index is 2.12. The molecule has 0 aliphatic carbocycles. The molecule has 1 saturated heterocycles. The van der Waals surface area contributed by atoms with Crippen molar-refractivity contribution in [1.29, 1.82) is 0 Å². The summed E-state index contributed by atoms with van der Waals surface area (Å²) in [6.45, 7) is 1.35. The molecule has 0 bridgehead atoms. The molecule has 0 saturated carbocycles. The van der Waals surface area contributed by atoms with Crippen LogP contribution in [0.3, 0.4) is 0 Å². The third-order valence-electron chi connectivity index (χ3n) is 3.78. The van der Waals surface area contributed by atoms with E-state index in [0.717, 1.165) is 24.8 Å². The minimum absolute atomic E-state index is 0.0630. The van der Waals surface area contributed by atoms with E-state index in [1.165, 1.54) is 4.31 Å². The van der Waals surface area contributed by atoms with Gasteiger partial charge in [0, 0.05) is 32.7 Å². The van der Waals surface area contributed by atoms with Gasteiger partial charge in [-0.05, 0) is 18.4 Å². The van der Waals surface area contributed by atoms with Gasteiger partial charge in [-0.15, -0.1) is 0 Å². The van der Waals surface area contributed by atoms with E-state index in [-0.39, 0.29) is 6.04 Å². The number of hydrogen-bond acceptors (Lipinski definition) is 3. The van der Waals surface area contributed by atoms with Gasteiger partial charge >= 0.3 is 0 Å². The predicted molar refractivity (Wildman–Crippen MR) is 80.2 cm³/mol. The maximum atomic E-state index is 12.7. The Bertz CT molecular complexity index is 518. The molecule has 0 amide bonds. The Morgan fingerprint density at radius 1 is 1.30 bits per heavy atom. The second kappa shape index (κ2) is 6.67. The second-order valence-electron chi connectivity index (χ2n) is 5.25. The molecule has 1 heterocycles. The van der Waals surface area contributed by atoms with Gasteiger partial charge in [-0.25, -0.2) is 0 Å². The minimum Gasteiger partial charge on any atom is -0.329 e. The van der Waals surface area contributed by atoms with Crippen molar-refractivity contribution >= 4 is 10.2 Å². The third-order valence-corrected chi connectivity index (χ3v) is 5.77. The molecule has 6 heteroatoms. The van der Waals surface area contributed by atoms with E-state index < -0.39 is 10.2 Å². The zero-order chi connectivity index (χ0) is 14.6. The van der Waals surface area contributed by atoms with Gasteiger partial charge in [0.25, 0.3) is 10.2 Å². The first-order valence-corrected chi connectivity index (χ1v) is 8.42. The number of nitrogens with zero attached hydrogens (tertiary/aromatic N) is 2. The molecule has 2 rings (SSSR count). The molecule has 1 aliphatic heterocycles. The SMILES string of the molecule is CN(Cc1ccccc1)S(=O)(=O)N1CCCCC1CN. The number of benzene rings is 1. The van der Waals surface area contributed by atoms with Crippen molar-refractivity contribution in [1.82, 2.24) is 8.61 Å². The van der Waals surface area contributed by atoms with Crippen LogP contribution in [0.15, 0.2) is 30.3 Å². The van der Waals surface area contributed by atoms with Crippen molar-refractivity contribution in [2.45, 2.75) is 31.8 Å². The average molecular weight is 297 g/mol. The number of piperidine rings is 1. The summed E-state index contributed by atoms with van der Waals surface area (Å²) < 4.78 is 28.3. The zero-order valence-electron chi connectivity index (χ0n) is 11.9. The van der Waals surface area contributed by atoms with E-state index in [0.29, 0.717) is 19.6 Å². The van der Waals surface area contributed by atoms with E-state index in [9.17, 15) is 8.42 Å². The lowest BCUT2D eigenvalue weighted by Crippen LogP contribution is -2.51. The Hall–Kier alpha value is -0.950. The molecule has 1 aromatic carbocycles. The van der Waals surface area contributed by atoms with Crippen LogP contribution in [0.5, 0.6) is 0 Å². The standard InChI is InChI=1S/C14H23N3O2S/c1-16(12-13-7-3-2-4-8-13)20(18,19)17-10-6-5-9-14(17)11-15/h2-4,7-8,14H,5-6,9-12,15H2,1H3. The van der Waals surface area contributed by atoms with Crippen LogP contribution in [0.1, 0.15) is 24.8 Å². The zero-order valence-corrected chi connectivity index (χ0v) is 12.7. The maximum Gasteiger partial charge on any atom is 0.282 e. The van der Waals surface area contributed by atoms with Crippen LogP contribution in [0.2, 0.25) is 0 Å². The van der Waals surface area contributed by atoms with Gasteiger partial charge in [0.1, 0.15) is 0 Å². The summed E-state index contributed by atoms with van der Waals surface area (Å²) in [5.41, 5.74) is 6.70. The fraction of sp³-hybridized carbons (Fsp3) is 0.571. The van der Waals surface area contributed by atoms with E-state index in [1.54, 1.807) is 11.4 Å². The fourth-order valence-corrected chi connectivity index (χ4v) is 4.21. The van der Waals surface area contributed by atoms with Crippen LogP contribution in [0, 0.1) is 0 Å². The fourth-order valence-electron chi connectivity index (χ4n) is 2.61. The van der Waals surface area contributed by atoms with Gasteiger partial charge in [-0.3, -0.25) is 0 Å². The summed E-state index contributed by atoms with van der Waals surface area (Å²) >= 11 is 0. The quantitative estimate of drug-likeness (QED) is 0.887. The predicted octanol–water partition coefficient (Wildman–Crippen LogP) is 1.18. The van der Waals surface area contributed by atoms with Crippen molar-refractivity contribution < 1.29 is 8.42 Å². The van der Waals surface area contributed by atoms with Crippen LogP contribution in [-0.4, -0.2) is 43.2 Å². The van der Waals surface area contributed by atoms with E-state index in [1.807, 2.05) is 30.3 Å². The molecule has 5 nitrogen and oxygen atoms in total. The van der Waals surface area contributed by atoms with E-state index >= 15 is 0 Å². The molecule has 20 heavy (non-hydrogen) atoms. The van der Waals surface area contributed by atoms with Crippen LogP contribution < -0.4 is 5.73 Å². The molecule has 0 aromatic heterocycles. The lowest BCUT2D eigenvalue weighted by Gasteiger charge is -2.36. The van der Waals surface area contributed by atoms with Gasteiger partial charge in [-0.1, -0.05) is 36.8 Å². The first kappa shape index (κ1) is 15.4. The normalized spacial score (nSPS) is 21.2. The Labute approximate surface area is 121 Å². The van der Waals surface area contributed by atoms with Crippen molar-refractivity contribution in [3.8, 4) is 0 Å². The Kier molecular flexibility index (Phi) is 5.15.